The highest BCUT2D eigenvalue weighted by Gasteiger charge is 2.25. The maximum atomic E-state index is 14.5. The van der Waals surface area contributed by atoms with Crippen LogP contribution in [0.3, 0.4) is 0 Å². The van der Waals surface area contributed by atoms with Gasteiger partial charge in [-0.15, -0.1) is 0 Å². The van der Waals surface area contributed by atoms with Gasteiger partial charge in [0.1, 0.15) is 10.7 Å². The van der Waals surface area contributed by atoms with Crippen LogP contribution in [0.1, 0.15) is 44.1 Å². The van der Waals surface area contributed by atoms with Gasteiger partial charge in [-0.25, -0.2) is 12.8 Å². The summed E-state index contributed by atoms with van der Waals surface area (Å²) in [6, 6.07) is 4.74. The number of halogens is 1. The zero-order valence-electron chi connectivity index (χ0n) is 12.8. The first-order valence-electron chi connectivity index (χ1n) is 7.64. The molecule has 2 rings (SSSR count). The van der Waals surface area contributed by atoms with Crippen LogP contribution < -0.4 is 0 Å². The monoisotopic (exact) mass is 313 g/mol. The van der Waals surface area contributed by atoms with Crippen molar-refractivity contribution in [2.75, 3.05) is 25.9 Å². The molecule has 3 nitrogen and oxygen atoms in total. The molecule has 118 valence electrons. The first-order chi connectivity index (χ1) is 9.93. The molecule has 5 heteroatoms. The molecule has 0 bridgehead atoms. The van der Waals surface area contributed by atoms with E-state index in [1.54, 1.807) is 12.1 Å². The average molecular weight is 313 g/mol. The van der Waals surface area contributed by atoms with Gasteiger partial charge in [0.05, 0.1) is 0 Å². The third-order valence-corrected chi connectivity index (χ3v) is 5.36. The predicted octanol–water partition coefficient (Wildman–Crippen LogP) is 3.21. The normalized spacial score (nSPS) is 18.0. The summed E-state index contributed by atoms with van der Waals surface area (Å²) in [4.78, 5) is 2.24. The van der Waals surface area contributed by atoms with Gasteiger partial charge in [-0.05, 0) is 56.4 Å². The summed E-state index contributed by atoms with van der Waals surface area (Å²) < 4.78 is 37.7. The Bertz CT molecular complexity index is 578. The van der Waals surface area contributed by atoms with Crippen molar-refractivity contribution >= 4 is 9.84 Å². The molecule has 0 N–H and O–H groups in total. The molecule has 1 fully saturated rings. The van der Waals surface area contributed by atoms with Crippen LogP contribution in [-0.2, 0) is 9.84 Å². The number of hydrogen-bond acceptors (Lipinski definition) is 3. The van der Waals surface area contributed by atoms with Gasteiger partial charge in [-0.2, -0.15) is 0 Å². The van der Waals surface area contributed by atoms with Crippen molar-refractivity contribution in [3.8, 4) is 0 Å². The fourth-order valence-corrected chi connectivity index (χ4v) is 3.75. The van der Waals surface area contributed by atoms with E-state index in [0.717, 1.165) is 38.7 Å². The van der Waals surface area contributed by atoms with Gasteiger partial charge in [-0.3, -0.25) is 0 Å². The molecule has 0 aliphatic carbocycles. The quantitative estimate of drug-likeness (QED) is 0.837. The van der Waals surface area contributed by atoms with E-state index >= 15 is 0 Å². The molecule has 1 saturated heterocycles. The summed E-state index contributed by atoms with van der Waals surface area (Å²) in [6.45, 7) is 5.22. The molecule has 0 saturated carbocycles. The van der Waals surface area contributed by atoms with E-state index in [1.807, 2.05) is 0 Å². The molecule has 0 amide bonds. The van der Waals surface area contributed by atoms with Gasteiger partial charge in [-0.1, -0.05) is 25.5 Å². The molecule has 1 aromatic rings. The summed E-state index contributed by atoms with van der Waals surface area (Å²) in [6.07, 6.45) is 5.23. The van der Waals surface area contributed by atoms with Gasteiger partial charge < -0.3 is 4.90 Å². The molecular weight excluding hydrogens is 289 g/mol. The highest BCUT2D eigenvalue weighted by molar-refractivity contribution is 7.90. The summed E-state index contributed by atoms with van der Waals surface area (Å²) in [7, 11) is -3.50. The van der Waals surface area contributed by atoms with E-state index < -0.39 is 15.7 Å². The van der Waals surface area contributed by atoms with Crippen molar-refractivity contribution in [1.82, 2.24) is 4.90 Å². The standard InChI is InChI=1S/C16H24FNO2S/c1-3-4-10-18-11-8-13(9-12-18)14-6-5-7-15(16(14)17)21(2,19)20/h5-7,13H,3-4,8-12H2,1-2H3. The van der Waals surface area contributed by atoms with Crippen molar-refractivity contribution in [2.24, 2.45) is 0 Å². The van der Waals surface area contributed by atoms with Crippen molar-refractivity contribution in [1.29, 1.82) is 0 Å². The Balaban J connectivity index is 2.11. The van der Waals surface area contributed by atoms with E-state index in [-0.39, 0.29) is 10.8 Å². The smallest absolute Gasteiger partial charge is 0.178 e. The zero-order valence-corrected chi connectivity index (χ0v) is 13.6. The fraction of sp³-hybridized carbons (Fsp3) is 0.625. The number of likely N-dealkylation sites (tertiary alicyclic amines) is 1. The van der Waals surface area contributed by atoms with Crippen LogP contribution in [0.25, 0.3) is 0 Å². The third kappa shape index (κ3) is 4.04. The fourth-order valence-electron chi connectivity index (χ4n) is 2.98. The lowest BCUT2D eigenvalue weighted by atomic mass is 9.89. The van der Waals surface area contributed by atoms with Crippen LogP contribution in [0.2, 0.25) is 0 Å². The van der Waals surface area contributed by atoms with E-state index in [1.165, 1.54) is 18.9 Å². The molecule has 1 aliphatic rings. The second-order valence-corrected chi connectivity index (χ2v) is 7.89. The Morgan fingerprint density at radius 3 is 2.52 bits per heavy atom. The van der Waals surface area contributed by atoms with E-state index in [2.05, 4.69) is 11.8 Å². The second-order valence-electron chi connectivity index (χ2n) is 5.90. The second kappa shape index (κ2) is 6.88. The Kier molecular flexibility index (Phi) is 5.38. The maximum Gasteiger partial charge on any atom is 0.178 e. The van der Waals surface area contributed by atoms with Crippen LogP contribution in [0.5, 0.6) is 0 Å². The number of piperidine rings is 1. The highest BCUT2D eigenvalue weighted by atomic mass is 32.2. The summed E-state index contributed by atoms with van der Waals surface area (Å²) in [5.41, 5.74) is 0.563. The summed E-state index contributed by atoms with van der Waals surface area (Å²) >= 11 is 0. The Morgan fingerprint density at radius 2 is 1.95 bits per heavy atom. The lowest BCUT2D eigenvalue weighted by Gasteiger charge is -2.32. The lowest BCUT2D eigenvalue weighted by molar-refractivity contribution is 0.208. The zero-order chi connectivity index (χ0) is 15.5. The van der Waals surface area contributed by atoms with Crippen LogP contribution in [0, 0.1) is 5.82 Å². The lowest BCUT2D eigenvalue weighted by Crippen LogP contribution is -2.33. The average Bonchev–Trinajstić information content (AvgIpc) is 2.45. The van der Waals surface area contributed by atoms with Crippen LogP contribution in [-0.4, -0.2) is 39.2 Å². The molecule has 1 aromatic carbocycles. The molecule has 0 aromatic heterocycles. The Morgan fingerprint density at radius 1 is 1.29 bits per heavy atom. The minimum Gasteiger partial charge on any atom is -0.303 e. The van der Waals surface area contributed by atoms with E-state index in [9.17, 15) is 12.8 Å². The molecule has 0 spiro atoms. The number of benzene rings is 1. The van der Waals surface area contributed by atoms with E-state index in [0.29, 0.717) is 5.56 Å². The number of hydrogen-bond donors (Lipinski definition) is 0. The van der Waals surface area contributed by atoms with Crippen molar-refractivity contribution in [3.63, 3.8) is 0 Å². The molecular formula is C16H24FNO2S. The first-order valence-corrected chi connectivity index (χ1v) is 9.53. The van der Waals surface area contributed by atoms with Crippen molar-refractivity contribution < 1.29 is 12.8 Å². The van der Waals surface area contributed by atoms with Crippen molar-refractivity contribution in [3.05, 3.63) is 29.6 Å². The number of unbranched alkanes of at least 4 members (excludes halogenated alkanes) is 1. The third-order valence-electron chi connectivity index (χ3n) is 4.25. The van der Waals surface area contributed by atoms with Crippen molar-refractivity contribution in [2.45, 2.75) is 43.4 Å². The van der Waals surface area contributed by atoms with Gasteiger partial charge in [0.2, 0.25) is 0 Å². The van der Waals surface area contributed by atoms with Gasteiger partial charge in [0, 0.05) is 6.26 Å². The Hall–Kier alpha value is -0.940. The Labute approximate surface area is 127 Å². The van der Waals surface area contributed by atoms with Gasteiger partial charge >= 0.3 is 0 Å². The van der Waals surface area contributed by atoms with Crippen LogP contribution in [0.15, 0.2) is 23.1 Å². The van der Waals surface area contributed by atoms with Gasteiger partial charge in [0.25, 0.3) is 0 Å². The molecule has 21 heavy (non-hydrogen) atoms. The molecule has 0 radical (unpaired) electrons. The van der Waals surface area contributed by atoms with Crippen LogP contribution in [0.4, 0.5) is 4.39 Å². The highest BCUT2D eigenvalue weighted by Crippen LogP contribution is 2.32. The number of nitrogens with zero attached hydrogens (tertiary/aromatic N) is 1. The molecule has 1 aliphatic heterocycles. The molecule has 1 heterocycles. The number of sulfone groups is 1. The van der Waals surface area contributed by atoms with E-state index in [4.69, 9.17) is 0 Å². The topological polar surface area (TPSA) is 37.4 Å². The van der Waals surface area contributed by atoms with Gasteiger partial charge in [0.15, 0.2) is 9.84 Å². The minimum atomic E-state index is -3.50. The maximum absolute atomic E-state index is 14.5. The largest absolute Gasteiger partial charge is 0.303 e. The molecule has 0 unspecified atom stereocenters. The SMILES string of the molecule is CCCCN1CCC(c2cccc(S(C)(=O)=O)c2F)CC1. The predicted molar refractivity (Wildman–Crippen MR) is 82.8 cm³/mol. The van der Waals surface area contributed by atoms with Crippen LogP contribution >= 0.6 is 0 Å². The number of rotatable bonds is 5. The minimum absolute atomic E-state index is 0.129. The summed E-state index contributed by atoms with van der Waals surface area (Å²) in [5.74, 6) is -0.420. The molecule has 0 atom stereocenters. The summed E-state index contributed by atoms with van der Waals surface area (Å²) in [5, 5.41) is 0. The first kappa shape index (κ1) is 16.4.